The Balaban J connectivity index is 2.26. The molecule has 0 radical (unpaired) electrons. The lowest BCUT2D eigenvalue weighted by molar-refractivity contribution is -0.385. The Morgan fingerprint density at radius 1 is 1.27 bits per heavy atom. The number of nitro benzene ring substituents is 1. The summed E-state index contributed by atoms with van der Waals surface area (Å²) in [4.78, 5) is 48.4. The summed E-state index contributed by atoms with van der Waals surface area (Å²) >= 11 is 0. The van der Waals surface area contributed by atoms with Crippen LogP contribution in [0.4, 0.5) is 5.69 Å². The van der Waals surface area contributed by atoms with E-state index < -0.39 is 28.8 Å². The Labute approximate surface area is 150 Å². The van der Waals surface area contributed by atoms with Gasteiger partial charge in [-0.1, -0.05) is 6.07 Å². The van der Waals surface area contributed by atoms with Gasteiger partial charge in [-0.15, -0.1) is 0 Å². The third-order valence-electron chi connectivity index (χ3n) is 4.03. The summed E-state index contributed by atoms with van der Waals surface area (Å²) in [6.07, 6.45) is -0.0509. The Morgan fingerprint density at radius 2 is 1.96 bits per heavy atom. The second-order valence-electron chi connectivity index (χ2n) is 5.60. The highest BCUT2D eigenvalue weighted by Crippen LogP contribution is 2.32. The average Bonchev–Trinajstić information content (AvgIpc) is 2.92. The first kappa shape index (κ1) is 19.4. The van der Waals surface area contributed by atoms with Gasteiger partial charge < -0.3 is 14.4 Å². The van der Waals surface area contributed by atoms with Crippen molar-refractivity contribution in [2.45, 2.75) is 39.3 Å². The van der Waals surface area contributed by atoms with Crippen molar-refractivity contribution in [1.29, 1.82) is 0 Å². The van der Waals surface area contributed by atoms with Crippen molar-refractivity contribution >= 4 is 23.5 Å². The first-order chi connectivity index (χ1) is 12.4. The Kier molecular flexibility index (Phi) is 6.26. The third-order valence-corrected chi connectivity index (χ3v) is 4.03. The molecule has 1 aromatic rings. The summed E-state index contributed by atoms with van der Waals surface area (Å²) in [6, 6.07) is 3.21. The summed E-state index contributed by atoms with van der Waals surface area (Å²) in [5.41, 5.74) is 0.268. The molecule has 2 rings (SSSR count). The number of esters is 2. The SMILES string of the molecule is CCOC(=O)CCC(C(=O)OCC)N1Cc2c(cccc2[N+](=O)[O-])C1=O. The standard InChI is InChI=1S/C17H20N2O7/c1-3-25-15(20)9-8-14(17(22)26-4-2)18-10-12-11(16(18)21)6-5-7-13(12)19(23)24/h5-7,14H,3-4,8-10H2,1-2H3. The van der Waals surface area contributed by atoms with Crippen LogP contribution in [0.1, 0.15) is 42.6 Å². The highest BCUT2D eigenvalue weighted by molar-refractivity contribution is 6.01. The van der Waals surface area contributed by atoms with Crippen LogP contribution < -0.4 is 0 Å². The van der Waals surface area contributed by atoms with E-state index in [1.165, 1.54) is 23.1 Å². The Hall–Kier alpha value is -2.97. The van der Waals surface area contributed by atoms with Gasteiger partial charge in [0.1, 0.15) is 6.04 Å². The van der Waals surface area contributed by atoms with Crippen LogP contribution >= 0.6 is 0 Å². The summed E-state index contributed by atoms with van der Waals surface area (Å²) in [5.74, 6) is -1.64. The lowest BCUT2D eigenvalue weighted by Gasteiger charge is -2.25. The highest BCUT2D eigenvalue weighted by atomic mass is 16.6. The van der Waals surface area contributed by atoms with Crippen molar-refractivity contribution in [2.75, 3.05) is 13.2 Å². The second-order valence-corrected chi connectivity index (χ2v) is 5.60. The zero-order valence-electron chi connectivity index (χ0n) is 14.6. The van der Waals surface area contributed by atoms with Crippen LogP contribution in [0.15, 0.2) is 18.2 Å². The zero-order chi connectivity index (χ0) is 19.3. The molecule has 1 aliphatic rings. The van der Waals surface area contributed by atoms with Crippen molar-refractivity contribution in [3.05, 3.63) is 39.4 Å². The van der Waals surface area contributed by atoms with Crippen molar-refractivity contribution < 1.29 is 28.8 Å². The number of benzene rings is 1. The molecule has 1 unspecified atom stereocenters. The van der Waals surface area contributed by atoms with Gasteiger partial charge in [0.25, 0.3) is 11.6 Å². The van der Waals surface area contributed by atoms with E-state index in [1.807, 2.05) is 0 Å². The van der Waals surface area contributed by atoms with Gasteiger partial charge in [0.15, 0.2) is 0 Å². The molecule has 9 nitrogen and oxygen atoms in total. The molecular formula is C17H20N2O7. The van der Waals surface area contributed by atoms with E-state index >= 15 is 0 Å². The number of nitro groups is 1. The number of amides is 1. The van der Waals surface area contributed by atoms with Gasteiger partial charge in [-0.25, -0.2) is 4.79 Å². The van der Waals surface area contributed by atoms with Crippen LogP contribution in [0.5, 0.6) is 0 Å². The second kappa shape index (κ2) is 8.41. The smallest absolute Gasteiger partial charge is 0.328 e. The topological polar surface area (TPSA) is 116 Å². The molecule has 1 aliphatic heterocycles. The van der Waals surface area contributed by atoms with Gasteiger partial charge in [0, 0.05) is 12.5 Å². The number of hydrogen-bond donors (Lipinski definition) is 0. The van der Waals surface area contributed by atoms with Gasteiger partial charge in [-0.2, -0.15) is 0 Å². The molecular weight excluding hydrogens is 344 g/mol. The Morgan fingerprint density at radius 3 is 2.58 bits per heavy atom. The minimum atomic E-state index is -1.01. The van der Waals surface area contributed by atoms with Gasteiger partial charge in [0.05, 0.1) is 35.8 Å². The molecule has 1 heterocycles. The quantitative estimate of drug-likeness (QED) is 0.392. The number of carbonyl (C=O) groups excluding carboxylic acids is 3. The molecule has 1 aromatic carbocycles. The first-order valence-electron chi connectivity index (χ1n) is 8.30. The number of carbonyl (C=O) groups is 3. The van der Waals surface area contributed by atoms with E-state index in [9.17, 15) is 24.5 Å². The van der Waals surface area contributed by atoms with E-state index in [0.29, 0.717) is 0 Å². The molecule has 1 amide bonds. The lowest BCUT2D eigenvalue weighted by Crippen LogP contribution is -2.42. The molecule has 26 heavy (non-hydrogen) atoms. The van der Waals surface area contributed by atoms with Gasteiger partial charge in [0.2, 0.25) is 0 Å². The number of hydrogen-bond acceptors (Lipinski definition) is 7. The summed E-state index contributed by atoms with van der Waals surface area (Å²) in [5, 5.41) is 11.2. The van der Waals surface area contributed by atoms with Crippen LogP contribution in [-0.2, 0) is 25.6 Å². The molecule has 9 heteroatoms. The molecule has 0 fully saturated rings. The first-order valence-corrected chi connectivity index (χ1v) is 8.30. The number of fused-ring (bicyclic) bond motifs is 1. The van der Waals surface area contributed by atoms with Crippen LogP contribution in [-0.4, -0.2) is 46.9 Å². The maximum Gasteiger partial charge on any atom is 0.328 e. The summed E-state index contributed by atoms with van der Waals surface area (Å²) < 4.78 is 9.86. The molecule has 1 atom stereocenters. The molecule has 0 spiro atoms. The maximum absolute atomic E-state index is 12.7. The zero-order valence-corrected chi connectivity index (χ0v) is 14.6. The average molecular weight is 364 g/mol. The molecule has 140 valence electrons. The third kappa shape index (κ3) is 3.98. The molecule has 0 bridgehead atoms. The number of nitrogens with zero attached hydrogens (tertiary/aromatic N) is 2. The van der Waals surface area contributed by atoms with Gasteiger partial charge in [-0.05, 0) is 26.3 Å². The molecule has 0 saturated heterocycles. The fourth-order valence-corrected chi connectivity index (χ4v) is 2.89. The molecule has 0 aliphatic carbocycles. The van der Waals surface area contributed by atoms with E-state index in [2.05, 4.69) is 0 Å². The van der Waals surface area contributed by atoms with Gasteiger partial charge in [-0.3, -0.25) is 19.7 Å². The summed E-state index contributed by atoms with van der Waals surface area (Å²) in [6.45, 7) is 3.54. The Bertz CT molecular complexity index is 732. The van der Waals surface area contributed by atoms with E-state index in [-0.39, 0.29) is 49.4 Å². The van der Waals surface area contributed by atoms with Crippen molar-refractivity contribution in [3.8, 4) is 0 Å². The predicted octanol–water partition coefficient (Wildman–Crippen LogP) is 1.83. The van der Waals surface area contributed by atoms with E-state index in [4.69, 9.17) is 9.47 Å². The van der Waals surface area contributed by atoms with Crippen molar-refractivity contribution in [3.63, 3.8) is 0 Å². The maximum atomic E-state index is 12.7. The van der Waals surface area contributed by atoms with Gasteiger partial charge >= 0.3 is 11.9 Å². The van der Waals surface area contributed by atoms with E-state index in [0.717, 1.165) is 0 Å². The molecule has 0 aromatic heterocycles. The van der Waals surface area contributed by atoms with Crippen molar-refractivity contribution in [2.24, 2.45) is 0 Å². The van der Waals surface area contributed by atoms with E-state index in [1.54, 1.807) is 13.8 Å². The minimum Gasteiger partial charge on any atom is -0.466 e. The molecule has 0 saturated carbocycles. The van der Waals surface area contributed by atoms with Crippen LogP contribution in [0.2, 0.25) is 0 Å². The van der Waals surface area contributed by atoms with Crippen molar-refractivity contribution in [1.82, 2.24) is 4.90 Å². The van der Waals surface area contributed by atoms with Crippen LogP contribution in [0, 0.1) is 10.1 Å². The fourth-order valence-electron chi connectivity index (χ4n) is 2.89. The van der Waals surface area contributed by atoms with Crippen LogP contribution in [0.3, 0.4) is 0 Å². The predicted molar refractivity (Wildman–Crippen MR) is 89.3 cm³/mol. The minimum absolute atomic E-state index is 0.0190. The monoisotopic (exact) mass is 364 g/mol. The normalized spacial score (nSPS) is 13.9. The number of rotatable bonds is 8. The summed E-state index contributed by atoms with van der Waals surface area (Å²) in [7, 11) is 0. The number of ether oxygens (including phenoxy) is 2. The fraction of sp³-hybridized carbons (Fsp3) is 0.471. The largest absolute Gasteiger partial charge is 0.466 e. The molecule has 0 N–H and O–H groups in total. The van der Waals surface area contributed by atoms with Crippen LogP contribution in [0.25, 0.3) is 0 Å². The lowest BCUT2D eigenvalue weighted by atomic mass is 10.1. The highest BCUT2D eigenvalue weighted by Gasteiger charge is 2.40.